The lowest BCUT2D eigenvalue weighted by Crippen LogP contribution is -2.30. The lowest BCUT2D eigenvalue weighted by atomic mass is 10.2. The summed E-state index contributed by atoms with van der Waals surface area (Å²) in [5.74, 6) is -0.528. The van der Waals surface area contributed by atoms with Gasteiger partial charge in [-0.2, -0.15) is 5.26 Å². The first-order valence-electron chi connectivity index (χ1n) is 9.12. The molecule has 0 spiro atoms. The van der Waals surface area contributed by atoms with Gasteiger partial charge in [0, 0.05) is 12.1 Å². The number of nitrogens with zero attached hydrogens (tertiary/aromatic N) is 3. The molecule has 0 saturated heterocycles. The third kappa shape index (κ3) is 5.45. The van der Waals surface area contributed by atoms with E-state index in [1.165, 1.54) is 19.1 Å². The predicted molar refractivity (Wildman–Crippen MR) is 112 cm³/mol. The molecule has 1 atom stereocenters. The van der Waals surface area contributed by atoms with Crippen molar-refractivity contribution in [2.24, 2.45) is 0 Å². The molecule has 162 valence electrons. The SMILES string of the molecule is CC(Oc1ccc(Oc2cc(F)cc(C#N)c2)cc1)C(=O)Nc1ccc([N+](=O)[O-])c(N)n1. The number of benzene rings is 2. The average Bonchev–Trinajstić information content (AvgIpc) is 2.74. The monoisotopic (exact) mass is 437 g/mol. The predicted octanol–water partition coefficient (Wildman–Crippen LogP) is 3.78. The minimum atomic E-state index is -0.929. The number of nitrogens with one attached hydrogen (secondary N) is 1. The summed E-state index contributed by atoms with van der Waals surface area (Å²) in [6.07, 6.45) is -0.929. The molecule has 1 unspecified atom stereocenters. The molecular weight excluding hydrogens is 421 g/mol. The van der Waals surface area contributed by atoms with Gasteiger partial charge in [0.1, 0.15) is 28.9 Å². The van der Waals surface area contributed by atoms with Crippen LogP contribution >= 0.6 is 0 Å². The molecule has 0 aliphatic heterocycles. The molecule has 2 aromatic carbocycles. The zero-order chi connectivity index (χ0) is 23.3. The van der Waals surface area contributed by atoms with Crippen molar-refractivity contribution in [3.8, 4) is 23.3 Å². The second-order valence-corrected chi connectivity index (χ2v) is 6.47. The van der Waals surface area contributed by atoms with Crippen LogP contribution in [0.3, 0.4) is 0 Å². The molecule has 3 rings (SSSR count). The van der Waals surface area contributed by atoms with Gasteiger partial charge in [0.15, 0.2) is 6.10 Å². The summed E-state index contributed by atoms with van der Waals surface area (Å²) >= 11 is 0. The van der Waals surface area contributed by atoms with Gasteiger partial charge in [0.25, 0.3) is 5.91 Å². The number of pyridine rings is 1. The lowest BCUT2D eigenvalue weighted by molar-refractivity contribution is -0.384. The van der Waals surface area contributed by atoms with Gasteiger partial charge in [-0.05, 0) is 49.4 Å². The average molecular weight is 437 g/mol. The van der Waals surface area contributed by atoms with Crippen LogP contribution in [-0.4, -0.2) is 21.9 Å². The number of anilines is 2. The maximum atomic E-state index is 13.5. The fourth-order valence-corrected chi connectivity index (χ4v) is 2.59. The van der Waals surface area contributed by atoms with E-state index in [1.807, 2.05) is 6.07 Å². The van der Waals surface area contributed by atoms with Crippen molar-refractivity contribution >= 4 is 23.2 Å². The summed E-state index contributed by atoms with van der Waals surface area (Å²) in [4.78, 5) is 26.2. The summed E-state index contributed by atoms with van der Waals surface area (Å²) in [6.45, 7) is 1.50. The van der Waals surface area contributed by atoms with E-state index in [0.29, 0.717) is 11.5 Å². The number of nitro groups is 1. The molecule has 0 fully saturated rings. The number of hydrogen-bond acceptors (Lipinski definition) is 8. The number of amides is 1. The Bertz CT molecular complexity index is 1210. The van der Waals surface area contributed by atoms with Crippen LogP contribution in [0.4, 0.5) is 21.7 Å². The van der Waals surface area contributed by atoms with Crippen molar-refractivity contribution in [3.63, 3.8) is 0 Å². The van der Waals surface area contributed by atoms with Crippen LogP contribution < -0.4 is 20.5 Å². The van der Waals surface area contributed by atoms with E-state index in [2.05, 4.69) is 10.3 Å². The number of carbonyl (C=O) groups is 1. The van der Waals surface area contributed by atoms with Crippen molar-refractivity contribution in [1.82, 2.24) is 4.98 Å². The van der Waals surface area contributed by atoms with Crippen LogP contribution in [0.2, 0.25) is 0 Å². The maximum absolute atomic E-state index is 13.5. The molecular formula is C21H16FN5O5. The molecule has 10 nitrogen and oxygen atoms in total. The van der Waals surface area contributed by atoms with Gasteiger partial charge in [0.05, 0.1) is 16.6 Å². The Hall–Kier alpha value is -4.72. The van der Waals surface area contributed by atoms with E-state index < -0.39 is 22.8 Å². The van der Waals surface area contributed by atoms with Crippen molar-refractivity contribution in [2.75, 3.05) is 11.1 Å². The van der Waals surface area contributed by atoms with Gasteiger partial charge in [-0.25, -0.2) is 9.37 Å². The minimum Gasteiger partial charge on any atom is -0.481 e. The smallest absolute Gasteiger partial charge is 0.311 e. The van der Waals surface area contributed by atoms with E-state index >= 15 is 0 Å². The van der Waals surface area contributed by atoms with Crippen molar-refractivity contribution in [2.45, 2.75) is 13.0 Å². The van der Waals surface area contributed by atoms with E-state index in [-0.39, 0.29) is 28.6 Å². The van der Waals surface area contributed by atoms with Crippen LogP contribution in [0.1, 0.15) is 12.5 Å². The Morgan fingerprint density at radius 1 is 1.19 bits per heavy atom. The van der Waals surface area contributed by atoms with E-state index in [1.54, 1.807) is 24.3 Å². The highest BCUT2D eigenvalue weighted by atomic mass is 19.1. The van der Waals surface area contributed by atoms with Crippen LogP contribution in [0, 0.1) is 27.3 Å². The number of nitriles is 1. The number of nitrogens with two attached hydrogens (primary N) is 1. The summed E-state index contributed by atoms with van der Waals surface area (Å²) in [5, 5.41) is 22.1. The second kappa shape index (κ2) is 9.40. The van der Waals surface area contributed by atoms with Crippen LogP contribution in [0.25, 0.3) is 0 Å². The Labute approximate surface area is 181 Å². The molecule has 3 aromatic rings. The largest absolute Gasteiger partial charge is 0.481 e. The zero-order valence-electron chi connectivity index (χ0n) is 16.6. The van der Waals surface area contributed by atoms with Crippen LogP contribution in [0.5, 0.6) is 17.2 Å². The molecule has 1 heterocycles. The summed E-state index contributed by atoms with van der Waals surface area (Å²) < 4.78 is 24.6. The van der Waals surface area contributed by atoms with Gasteiger partial charge in [-0.3, -0.25) is 14.9 Å². The third-order valence-corrected chi connectivity index (χ3v) is 4.09. The zero-order valence-corrected chi connectivity index (χ0v) is 16.6. The first-order valence-corrected chi connectivity index (χ1v) is 9.12. The highest BCUT2D eigenvalue weighted by molar-refractivity contribution is 5.93. The molecule has 1 aromatic heterocycles. The number of halogens is 1. The Morgan fingerprint density at radius 2 is 1.88 bits per heavy atom. The number of ether oxygens (including phenoxy) is 2. The third-order valence-electron chi connectivity index (χ3n) is 4.09. The summed E-state index contributed by atoms with van der Waals surface area (Å²) in [5.41, 5.74) is 5.27. The van der Waals surface area contributed by atoms with Crippen LogP contribution in [0.15, 0.2) is 54.6 Å². The lowest BCUT2D eigenvalue weighted by Gasteiger charge is -2.15. The second-order valence-electron chi connectivity index (χ2n) is 6.47. The standard InChI is InChI=1S/C21H16FN5O5/c1-12(21(28)26-19-7-6-18(27(29)30)20(24)25-19)31-15-2-4-16(5-3-15)32-17-9-13(11-23)8-14(22)10-17/h2-10,12H,1H3,(H3,24,25,26,28). The number of rotatable bonds is 7. The molecule has 0 aliphatic rings. The molecule has 0 radical (unpaired) electrons. The van der Waals surface area contributed by atoms with E-state index in [4.69, 9.17) is 20.5 Å². The topological polar surface area (TPSA) is 153 Å². The van der Waals surface area contributed by atoms with Gasteiger partial charge in [-0.15, -0.1) is 0 Å². The van der Waals surface area contributed by atoms with Crippen LogP contribution in [-0.2, 0) is 4.79 Å². The Morgan fingerprint density at radius 3 is 2.50 bits per heavy atom. The highest BCUT2D eigenvalue weighted by Crippen LogP contribution is 2.26. The first-order chi connectivity index (χ1) is 15.2. The fraction of sp³-hybridized carbons (Fsp3) is 0.0952. The normalized spacial score (nSPS) is 11.2. The molecule has 0 aliphatic carbocycles. The Kier molecular flexibility index (Phi) is 6.45. The van der Waals surface area contributed by atoms with E-state index in [0.717, 1.165) is 18.2 Å². The van der Waals surface area contributed by atoms with Gasteiger partial charge in [-0.1, -0.05) is 0 Å². The highest BCUT2D eigenvalue weighted by Gasteiger charge is 2.18. The van der Waals surface area contributed by atoms with Crippen molar-refractivity contribution in [1.29, 1.82) is 5.26 Å². The molecule has 32 heavy (non-hydrogen) atoms. The molecule has 0 bridgehead atoms. The van der Waals surface area contributed by atoms with Gasteiger partial charge < -0.3 is 20.5 Å². The number of nitrogen functional groups attached to an aromatic ring is 1. The minimum absolute atomic E-state index is 0.0455. The molecule has 11 heteroatoms. The fourth-order valence-electron chi connectivity index (χ4n) is 2.59. The van der Waals surface area contributed by atoms with Crippen molar-refractivity contribution < 1.29 is 23.6 Å². The maximum Gasteiger partial charge on any atom is 0.311 e. The van der Waals surface area contributed by atoms with Gasteiger partial charge >= 0.3 is 5.69 Å². The van der Waals surface area contributed by atoms with Crippen molar-refractivity contribution in [3.05, 3.63) is 76.1 Å². The quantitative estimate of drug-likeness (QED) is 0.418. The molecule has 1 amide bonds. The molecule has 0 saturated carbocycles. The number of carbonyl (C=O) groups excluding carboxylic acids is 1. The van der Waals surface area contributed by atoms with Gasteiger partial charge in [0.2, 0.25) is 5.82 Å². The first kappa shape index (κ1) is 22.0. The summed E-state index contributed by atoms with van der Waals surface area (Å²) in [6, 6.07) is 14.1. The number of aromatic nitrogens is 1. The summed E-state index contributed by atoms with van der Waals surface area (Å²) in [7, 11) is 0. The van der Waals surface area contributed by atoms with E-state index in [9.17, 15) is 19.3 Å². The molecule has 3 N–H and O–H groups in total. The Balaban J connectivity index is 1.60. The number of hydrogen-bond donors (Lipinski definition) is 2.